The number of carbonyl (C=O) groups is 1. The van der Waals surface area contributed by atoms with Gasteiger partial charge >= 0.3 is 0 Å². The zero-order valence-corrected chi connectivity index (χ0v) is 21.2. The molecule has 0 atom stereocenters. The second-order valence-electron chi connectivity index (χ2n) is 9.22. The lowest BCUT2D eigenvalue weighted by molar-refractivity contribution is -0.126. The highest BCUT2D eigenvalue weighted by Crippen LogP contribution is 2.31. The number of benzene rings is 4. The van der Waals surface area contributed by atoms with Gasteiger partial charge in [-0.15, -0.1) is 0 Å². The molecule has 1 saturated heterocycles. The predicted octanol–water partition coefficient (Wildman–Crippen LogP) is 6.17. The molecule has 5 rings (SSSR count). The van der Waals surface area contributed by atoms with Gasteiger partial charge in [0.1, 0.15) is 5.75 Å². The third kappa shape index (κ3) is 5.65. The minimum absolute atomic E-state index is 0.0488. The Labute approximate surface area is 219 Å². The minimum Gasteiger partial charge on any atom is -0.496 e. The number of para-hydroxylation sites is 1. The van der Waals surface area contributed by atoms with E-state index in [4.69, 9.17) is 4.74 Å². The summed E-state index contributed by atoms with van der Waals surface area (Å²) in [5.74, 6) is 0.801. The van der Waals surface area contributed by atoms with Crippen LogP contribution < -0.4 is 4.74 Å². The van der Waals surface area contributed by atoms with Gasteiger partial charge in [0.25, 0.3) is 5.91 Å². The van der Waals surface area contributed by atoms with Gasteiger partial charge in [-0.1, -0.05) is 109 Å². The summed E-state index contributed by atoms with van der Waals surface area (Å²) in [6.45, 7) is 2.95. The van der Waals surface area contributed by atoms with Crippen molar-refractivity contribution >= 4 is 17.6 Å². The van der Waals surface area contributed by atoms with Crippen LogP contribution in [0.3, 0.4) is 0 Å². The maximum Gasteiger partial charge on any atom is 0.254 e. The summed E-state index contributed by atoms with van der Waals surface area (Å²) in [6.07, 6.45) is 1.96. The quantitative estimate of drug-likeness (QED) is 0.230. The first-order chi connectivity index (χ1) is 18.2. The van der Waals surface area contributed by atoms with E-state index in [1.54, 1.807) is 7.11 Å². The average Bonchev–Trinajstić information content (AvgIpc) is 2.98. The molecule has 4 aromatic carbocycles. The zero-order chi connectivity index (χ0) is 25.5. The molecule has 4 heteroatoms. The molecule has 0 aromatic heterocycles. The van der Waals surface area contributed by atoms with Gasteiger partial charge in [-0.2, -0.15) is 0 Å². The SMILES string of the molecule is COc1ccccc1C=C(C(=O)N1CCN(C(c2ccccc2)c2ccccc2)CC1)c1ccccc1. The van der Waals surface area contributed by atoms with Crippen molar-refractivity contribution in [3.8, 4) is 5.75 Å². The number of ether oxygens (including phenoxy) is 1. The van der Waals surface area contributed by atoms with Crippen LogP contribution in [0.4, 0.5) is 0 Å². The third-order valence-electron chi connectivity index (χ3n) is 6.95. The summed E-state index contributed by atoms with van der Waals surface area (Å²) < 4.78 is 5.56. The van der Waals surface area contributed by atoms with Crippen molar-refractivity contribution in [3.05, 3.63) is 138 Å². The van der Waals surface area contributed by atoms with Gasteiger partial charge in [0.05, 0.1) is 13.2 Å². The molecule has 0 spiro atoms. The molecular weight excluding hydrogens is 456 g/mol. The van der Waals surface area contributed by atoms with Crippen molar-refractivity contribution in [3.63, 3.8) is 0 Å². The Hall–Kier alpha value is -4.15. The van der Waals surface area contributed by atoms with Crippen LogP contribution in [0, 0.1) is 0 Å². The van der Waals surface area contributed by atoms with Gasteiger partial charge in [0.2, 0.25) is 0 Å². The summed E-state index contributed by atoms with van der Waals surface area (Å²) >= 11 is 0. The van der Waals surface area contributed by atoms with E-state index < -0.39 is 0 Å². The highest BCUT2D eigenvalue weighted by molar-refractivity contribution is 6.24. The molecule has 0 unspecified atom stereocenters. The predicted molar refractivity (Wildman–Crippen MR) is 150 cm³/mol. The summed E-state index contributed by atoms with van der Waals surface area (Å²) in [4.78, 5) is 18.4. The first kappa shape index (κ1) is 24.5. The normalized spacial score (nSPS) is 14.5. The van der Waals surface area contributed by atoms with E-state index >= 15 is 0 Å². The monoisotopic (exact) mass is 488 g/mol. The smallest absolute Gasteiger partial charge is 0.254 e. The lowest BCUT2D eigenvalue weighted by atomic mass is 9.96. The Bertz CT molecular complexity index is 1290. The van der Waals surface area contributed by atoms with Crippen molar-refractivity contribution in [2.45, 2.75) is 6.04 Å². The number of amides is 1. The molecule has 4 nitrogen and oxygen atoms in total. The number of rotatable bonds is 7. The van der Waals surface area contributed by atoms with Crippen LogP contribution in [0.25, 0.3) is 11.6 Å². The molecule has 1 aliphatic heterocycles. The fourth-order valence-corrected chi connectivity index (χ4v) is 5.07. The highest BCUT2D eigenvalue weighted by atomic mass is 16.5. The molecule has 1 heterocycles. The number of nitrogens with zero attached hydrogens (tertiary/aromatic N) is 2. The van der Waals surface area contributed by atoms with Crippen molar-refractivity contribution in [2.24, 2.45) is 0 Å². The van der Waals surface area contributed by atoms with E-state index in [0.29, 0.717) is 18.7 Å². The number of methoxy groups -OCH3 is 1. The van der Waals surface area contributed by atoms with Crippen LogP contribution >= 0.6 is 0 Å². The molecule has 0 N–H and O–H groups in total. The Morgan fingerprint density at radius 2 is 1.22 bits per heavy atom. The van der Waals surface area contributed by atoms with Crippen molar-refractivity contribution < 1.29 is 9.53 Å². The lowest BCUT2D eigenvalue weighted by Gasteiger charge is -2.40. The molecule has 4 aromatic rings. The third-order valence-corrected chi connectivity index (χ3v) is 6.95. The first-order valence-corrected chi connectivity index (χ1v) is 12.8. The molecular formula is C33H32N2O2. The average molecular weight is 489 g/mol. The Kier molecular flexibility index (Phi) is 7.78. The Balaban J connectivity index is 1.40. The van der Waals surface area contributed by atoms with Gasteiger partial charge in [-0.3, -0.25) is 9.69 Å². The molecule has 0 aliphatic carbocycles. The van der Waals surface area contributed by atoms with Crippen molar-refractivity contribution in [1.82, 2.24) is 9.80 Å². The van der Waals surface area contributed by atoms with Crippen molar-refractivity contribution in [1.29, 1.82) is 0 Å². The van der Waals surface area contributed by atoms with Crippen LogP contribution in [-0.4, -0.2) is 49.0 Å². The second-order valence-corrected chi connectivity index (χ2v) is 9.22. The van der Waals surface area contributed by atoms with E-state index in [0.717, 1.165) is 30.0 Å². The highest BCUT2D eigenvalue weighted by Gasteiger charge is 2.29. The standard InChI is InChI=1S/C33H32N2O2/c1-37-31-20-12-11-19-29(31)25-30(26-13-5-2-6-14-26)33(36)35-23-21-34(22-24-35)32(27-15-7-3-8-16-27)28-17-9-4-10-18-28/h2-20,25,32H,21-24H2,1H3. The minimum atomic E-state index is 0.0488. The van der Waals surface area contributed by atoms with E-state index in [1.807, 2.05) is 65.6 Å². The van der Waals surface area contributed by atoms with Crippen LogP contribution in [-0.2, 0) is 4.79 Å². The van der Waals surface area contributed by atoms with Crippen LogP contribution in [0.1, 0.15) is 28.3 Å². The molecule has 0 bridgehead atoms. The molecule has 186 valence electrons. The summed E-state index contributed by atoms with van der Waals surface area (Å²) in [6, 6.07) is 39.2. The van der Waals surface area contributed by atoms with Gasteiger partial charge < -0.3 is 9.64 Å². The Morgan fingerprint density at radius 1 is 0.703 bits per heavy atom. The maximum absolute atomic E-state index is 13.9. The first-order valence-electron chi connectivity index (χ1n) is 12.8. The van der Waals surface area contributed by atoms with Gasteiger partial charge in [-0.05, 0) is 28.8 Å². The fraction of sp³-hybridized carbons (Fsp3) is 0.182. The van der Waals surface area contributed by atoms with E-state index in [2.05, 4.69) is 65.6 Å². The van der Waals surface area contributed by atoms with Gasteiger partial charge in [0, 0.05) is 37.3 Å². The second kappa shape index (κ2) is 11.7. The fourth-order valence-electron chi connectivity index (χ4n) is 5.07. The molecule has 0 saturated carbocycles. The number of hydrogen-bond donors (Lipinski definition) is 0. The molecule has 0 radical (unpaired) electrons. The van der Waals surface area contributed by atoms with Gasteiger partial charge in [-0.25, -0.2) is 0 Å². The van der Waals surface area contributed by atoms with Crippen molar-refractivity contribution in [2.75, 3.05) is 33.3 Å². The van der Waals surface area contributed by atoms with Crippen LogP contribution in [0.2, 0.25) is 0 Å². The van der Waals surface area contributed by atoms with E-state index in [1.165, 1.54) is 11.1 Å². The van der Waals surface area contributed by atoms with Crippen LogP contribution in [0.5, 0.6) is 5.75 Å². The summed E-state index contributed by atoms with van der Waals surface area (Å²) in [5, 5.41) is 0. The number of piperazine rings is 1. The van der Waals surface area contributed by atoms with E-state index in [9.17, 15) is 4.79 Å². The van der Waals surface area contributed by atoms with Gasteiger partial charge in [0.15, 0.2) is 0 Å². The number of carbonyl (C=O) groups excluding carboxylic acids is 1. The Morgan fingerprint density at radius 3 is 1.78 bits per heavy atom. The molecule has 1 aliphatic rings. The maximum atomic E-state index is 13.9. The van der Waals surface area contributed by atoms with Crippen LogP contribution in [0.15, 0.2) is 115 Å². The topological polar surface area (TPSA) is 32.8 Å². The lowest BCUT2D eigenvalue weighted by Crippen LogP contribution is -2.50. The largest absolute Gasteiger partial charge is 0.496 e. The van der Waals surface area contributed by atoms with E-state index in [-0.39, 0.29) is 11.9 Å². The molecule has 1 fully saturated rings. The molecule has 37 heavy (non-hydrogen) atoms. The molecule has 1 amide bonds. The zero-order valence-electron chi connectivity index (χ0n) is 21.2. The number of hydrogen-bond acceptors (Lipinski definition) is 3. The summed E-state index contributed by atoms with van der Waals surface area (Å²) in [7, 11) is 1.66. The summed E-state index contributed by atoms with van der Waals surface area (Å²) in [5.41, 5.74) is 5.03.